The lowest BCUT2D eigenvalue weighted by Crippen LogP contribution is -2.56. The van der Waals surface area contributed by atoms with Gasteiger partial charge in [-0.15, -0.1) is 0 Å². The number of carbonyl (C=O) groups is 1. The van der Waals surface area contributed by atoms with Crippen molar-refractivity contribution in [3.63, 3.8) is 0 Å². The number of aliphatic hydroxyl groups excluding tert-OH is 1. The van der Waals surface area contributed by atoms with Crippen LogP contribution in [0.5, 0.6) is 11.5 Å². The van der Waals surface area contributed by atoms with Crippen molar-refractivity contribution in [1.29, 1.82) is 0 Å². The van der Waals surface area contributed by atoms with Crippen LogP contribution in [0.3, 0.4) is 0 Å². The molecule has 4 aromatic rings. The number of ether oxygens (including phenoxy) is 2. The van der Waals surface area contributed by atoms with Crippen LogP contribution in [-0.4, -0.2) is 64.9 Å². The Morgan fingerprint density at radius 2 is 1.93 bits per heavy atom. The molecule has 2 N–H and O–H groups in total. The minimum Gasteiger partial charge on any atom is -0.454 e. The van der Waals surface area contributed by atoms with Crippen LogP contribution in [0.2, 0.25) is 0 Å². The molecule has 0 bridgehead atoms. The predicted molar refractivity (Wildman–Crippen MR) is 155 cm³/mol. The van der Waals surface area contributed by atoms with Gasteiger partial charge >= 0.3 is 0 Å². The average Bonchev–Trinajstić information content (AvgIpc) is 3.60. The molecule has 0 spiro atoms. The lowest BCUT2D eigenvalue weighted by Gasteiger charge is -2.49. The number of aryl methyl sites for hydroxylation is 1. The molecular weight excluding hydrogens is 502 g/mol. The maximum Gasteiger partial charge on any atom is 0.254 e. The largest absolute Gasteiger partial charge is 0.454 e. The number of nitrogens with one attached hydrogen (secondary N) is 1. The average molecular weight is 538 g/mol. The summed E-state index contributed by atoms with van der Waals surface area (Å²) in [6.45, 7) is 5.78. The molecule has 0 radical (unpaired) electrons. The van der Waals surface area contributed by atoms with Gasteiger partial charge in [-0.1, -0.05) is 42.5 Å². The fraction of sp³-hybridized carbons (Fsp3) is 0.364. The third kappa shape index (κ3) is 3.99. The number of carbonyl (C=O) groups excluding carboxylic acids is 1. The van der Waals surface area contributed by atoms with Gasteiger partial charge in [-0.05, 0) is 61.6 Å². The number of aromatic amines is 1. The van der Waals surface area contributed by atoms with Crippen LogP contribution >= 0.6 is 0 Å². The van der Waals surface area contributed by atoms with Crippen molar-refractivity contribution in [2.24, 2.45) is 5.92 Å². The number of hydrogen-bond acceptors (Lipinski definition) is 5. The van der Waals surface area contributed by atoms with Crippen molar-refractivity contribution < 1.29 is 19.4 Å². The maximum atomic E-state index is 13.7. The molecule has 3 aliphatic heterocycles. The second-order valence-corrected chi connectivity index (χ2v) is 11.5. The Morgan fingerprint density at radius 3 is 2.75 bits per heavy atom. The second-order valence-electron chi connectivity index (χ2n) is 11.5. The molecule has 3 aliphatic rings. The number of aromatic nitrogens is 1. The van der Waals surface area contributed by atoms with Gasteiger partial charge in [0.15, 0.2) is 11.5 Å². The molecule has 206 valence electrons. The van der Waals surface area contributed by atoms with E-state index < -0.39 is 6.10 Å². The quantitative estimate of drug-likeness (QED) is 0.369. The lowest BCUT2D eigenvalue weighted by atomic mass is 9.79. The van der Waals surface area contributed by atoms with Crippen LogP contribution in [0, 0.1) is 12.8 Å². The first-order valence-electron chi connectivity index (χ1n) is 14.2. The van der Waals surface area contributed by atoms with Gasteiger partial charge in [-0.2, -0.15) is 0 Å². The number of benzene rings is 3. The first-order chi connectivity index (χ1) is 19.4. The zero-order chi connectivity index (χ0) is 27.5. The maximum absolute atomic E-state index is 13.7. The molecule has 7 nitrogen and oxygen atoms in total. The number of hydrogen-bond donors (Lipinski definition) is 2. The minimum absolute atomic E-state index is 0.0139. The number of piperidine rings is 1. The zero-order valence-corrected chi connectivity index (χ0v) is 23.2. The highest BCUT2D eigenvalue weighted by Gasteiger charge is 2.44. The number of nitrogens with zero attached hydrogens (tertiary/aromatic N) is 2. The van der Waals surface area contributed by atoms with Gasteiger partial charge in [-0.25, -0.2) is 0 Å². The standard InChI is InChI=1S/C33H35N3O4/c1-19-7-4-5-8-22(19)33(38)35(3)27-16-28-32-25(13-14-36(28)17-26(27)20(2)37)24-10-6-9-23(31(24)34-32)21-11-12-29-30(15-21)40-18-39-29/h4-12,15,20,26-28,34,37H,13-14,16-18H2,1-3H3/t20-,26-,27-,28-/m0/s1. The van der Waals surface area contributed by atoms with Gasteiger partial charge in [0.05, 0.1) is 17.7 Å². The van der Waals surface area contributed by atoms with E-state index in [9.17, 15) is 9.90 Å². The molecule has 4 atom stereocenters. The van der Waals surface area contributed by atoms with Crippen molar-refractivity contribution in [3.05, 3.63) is 83.0 Å². The normalized spacial score (nSPS) is 22.6. The Kier molecular flexibility index (Phi) is 6.09. The highest BCUT2D eigenvalue weighted by molar-refractivity contribution is 5.98. The molecule has 1 saturated heterocycles. The molecule has 0 unspecified atom stereocenters. The van der Waals surface area contributed by atoms with Crippen LogP contribution < -0.4 is 9.47 Å². The highest BCUT2D eigenvalue weighted by atomic mass is 16.7. The first kappa shape index (κ1) is 25.2. The number of aliphatic hydroxyl groups is 1. The Morgan fingerprint density at radius 1 is 1.10 bits per heavy atom. The summed E-state index contributed by atoms with van der Waals surface area (Å²) >= 11 is 0. The molecular formula is C33H35N3O4. The molecule has 0 saturated carbocycles. The van der Waals surface area contributed by atoms with E-state index in [-0.39, 0.29) is 30.7 Å². The van der Waals surface area contributed by atoms with Crippen molar-refractivity contribution in [2.45, 2.75) is 44.9 Å². The monoisotopic (exact) mass is 537 g/mol. The topological polar surface area (TPSA) is 78.0 Å². The third-order valence-corrected chi connectivity index (χ3v) is 9.30. The Labute approximate surface area is 234 Å². The van der Waals surface area contributed by atoms with Gasteiger partial charge in [0.2, 0.25) is 6.79 Å². The van der Waals surface area contributed by atoms with E-state index >= 15 is 0 Å². The number of para-hydroxylation sites is 1. The van der Waals surface area contributed by atoms with Crippen LogP contribution in [0.25, 0.3) is 22.0 Å². The third-order valence-electron chi connectivity index (χ3n) is 9.30. The van der Waals surface area contributed by atoms with Crippen LogP contribution in [-0.2, 0) is 6.42 Å². The van der Waals surface area contributed by atoms with Crippen LogP contribution in [0.1, 0.15) is 46.6 Å². The van der Waals surface area contributed by atoms with E-state index in [0.29, 0.717) is 0 Å². The van der Waals surface area contributed by atoms with E-state index in [1.165, 1.54) is 16.6 Å². The Bertz CT molecular complexity index is 1610. The molecule has 3 aromatic carbocycles. The smallest absolute Gasteiger partial charge is 0.254 e. The van der Waals surface area contributed by atoms with Gasteiger partial charge in [0.1, 0.15) is 0 Å². The van der Waals surface area contributed by atoms with E-state index in [0.717, 1.165) is 65.2 Å². The summed E-state index contributed by atoms with van der Waals surface area (Å²) in [7, 11) is 1.90. The summed E-state index contributed by atoms with van der Waals surface area (Å²) in [5.41, 5.74) is 7.65. The van der Waals surface area contributed by atoms with Crippen molar-refractivity contribution in [3.8, 4) is 22.6 Å². The molecule has 1 fully saturated rings. The van der Waals surface area contributed by atoms with E-state index in [4.69, 9.17) is 9.47 Å². The summed E-state index contributed by atoms with van der Waals surface area (Å²) in [5.74, 6) is 1.55. The molecule has 40 heavy (non-hydrogen) atoms. The van der Waals surface area contributed by atoms with Crippen molar-refractivity contribution >= 4 is 16.8 Å². The zero-order valence-electron chi connectivity index (χ0n) is 23.2. The number of amides is 1. The SMILES string of the molecule is Cc1ccccc1C(=O)N(C)[C@H]1C[C@H]2c3[nH]c4c(-c5ccc6c(c5)OCO6)cccc4c3CCN2C[C@H]1[C@H](C)O. The number of rotatable bonds is 4. The molecule has 1 aromatic heterocycles. The van der Waals surface area contributed by atoms with Crippen LogP contribution in [0.4, 0.5) is 0 Å². The van der Waals surface area contributed by atoms with Gasteiger partial charge in [0, 0.05) is 54.3 Å². The van der Waals surface area contributed by atoms with Gasteiger partial charge < -0.3 is 24.5 Å². The van der Waals surface area contributed by atoms with Gasteiger partial charge in [0.25, 0.3) is 5.91 Å². The number of H-pyrrole nitrogens is 1. The minimum atomic E-state index is -0.514. The Hall–Kier alpha value is -3.81. The lowest BCUT2D eigenvalue weighted by molar-refractivity contribution is -0.0239. The predicted octanol–water partition coefficient (Wildman–Crippen LogP) is 5.31. The second kappa shape index (κ2) is 9.68. The first-order valence-corrected chi connectivity index (χ1v) is 14.2. The molecule has 1 amide bonds. The summed E-state index contributed by atoms with van der Waals surface area (Å²) in [4.78, 5) is 21.9. The summed E-state index contributed by atoms with van der Waals surface area (Å²) < 4.78 is 11.2. The van der Waals surface area contributed by atoms with E-state index in [2.05, 4.69) is 40.2 Å². The van der Waals surface area contributed by atoms with Gasteiger partial charge in [-0.3, -0.25) is 9.69 Å². The molecule has 7 heteroatoms. The van der Waals surface area contributed by atoms with Crippen LogP contribution in [0.15, 0.2) is 60.7 Å². The Balaban J connectivity index is 1.26. The fourth-order valence-corrected chi connectivity index (χ4v) is 7.10. The van der Waals surface area contributed by atoms with Crippen molar-refractivity contribution in [1.82, 2.24) is 14.8 Å². The highest BCUT2D eigenvalue weighted by Crippen LogP contribution is 2.45. The summed E-state index contributed by atoms with van der Waals surface area (Å²) in [6, 6.07) is 20.4. The van der Waals surface area contributed by atoms with E-state index in [1.54, 1.807) is 0 Å². The summed E-state index contributed by atoms with van der Waals surface area (Å²) in [5, 5.41) is 12.1. The molecule has 7 rings (SSSR count). The van der Waals surface area contributed by atoms with Crippen molar-refractivity contribution in [2.75, 3.05) is 26.9 Å². The fourth-order valence-electron chi connectivity index (χ4n) is 7.10. The summed E-state index contributed by atoms with van der Waals surface area (Å²) in [6.07, 6.45) is 1.20. The molecule has 0 aliphatic carbocycles. The number of fused-ring (bicyclic) bond motifs is 6. The molecule has 4 heterocycles. The van der Waals surface area contributed by atoms with E-state index in [1.807, 2.05) is 56.1 Å².